The molecular weight excluding hydrogens is 414 g/mol. The highest BCUT2D eigenvalue weighted by Crippen LogP contribution is 2.31. The fraction of sp³-hybridized carbons (Fsp3) is 0.520. The van der Waals surface area contributed by atoms with Gasteiger partial charge in [-0.3, -0.25) is 4.79 Å². The second-order valence-corrected chi connectivity index (χ2v) is 9.21. The number of carbonyl (C=O) groups excluding carboxylic acids is 1. The van der Waals surface area contributed by atoms with E-state index in [0.717, 1.165) is 42.8 Å². The largest absolute Gasteiger partial charge is 0.352 e. The van der Waals surface area contributed by atoms with Crippen LogP contribution in [0.15, 0.2) is 36.8 Å². The highest BCUT2D eigenvalue weighted by Gasteiger charge is 2.20. The van der Waals surface area contributed by atoms with Gasteiger partial charge in [-0.15, -0.1) is 0 Å². The summed E-state index contributed by atoms with van der Waals surface area (Å²) < 4.78 is 2.19. The van der Waals surface area contributed by atoms with Crippen molar-refractivity contribution in [2.24, 2.45) is 0 Å². The predicted octanol–water partition coefficient (Wildman–Crippen LogP) is 4.29. The van der Waals surface area contributed by atoms with E-state index in [4.69, 9.17) is 4.98 Å². The molecule has 2 aliphatic rings. The number of imidazole rings is 1. The van der Waals surface area contributed by atoms with Crippen LogP contribution in [-0.4, -0.2) is 56.5 Å². The van der Waals surface area contributed by atoms with E-state index in [-0.39, 0.29) is 5.91 Å². The average molecular weight is 448 g/mol. The highest BCUT2D eigenvalue weighted by atomic mass is 16.1. The number of anilines is 2. The van der Waals surface area contributed by atoms with Crippen molar-refractivity contribution in [2.45, 2.75) is 57.4 Å². The second-order valence-electron chi connectivity index (χ2n) is 9.21. The van der Waals surface area contributed by atoms with Crippen LogP contribution < -0.4 is 10.6 Å². The molecule has 3 aromatic rings. The Balaban J connectivity index is 1.14. The molecule has 5 rings (SSSR count). The molecule has 0 unspecified atom stereocenters. The predicted molar refractivity (Wildman–Crippen MR) is 130 cm³/mol. The van der Waals surface area contributed by atoms with Gasteiger partial charge < -0.3 is 20.1 Å². The highest BCUT2D eigenvalue weighted by molar-refractivity contribution is 5.94. The van der Waals surface area contributed by atoms with Crippen LogP contribution >= 0.6 is 0 Å². The first-order valence-corrected chi connectivity index (χ1v) is 12.3. The van der Waals surface area contributed by atoms with E-state index >= 15 is 0 Å². The maximum Gasteiger partial charge on any atom is 0.251 e. The Morgan fingerprint density at radius 3 is 2.58 bits per heavy atom. The second kappa shape index (κ2) is 10.3. The zero-order valence-electron chi connectivity index (χ0n) is 19.2. The number of hydrogen-bond donors (Lipinski definition) is 2. The standard InChI is InChI=1S/C25H33N7O/c33-24(26-13-3-4-14-31-15-5-6-16-31)19-9-11-20(12-10-19)29-25-27-17-22-23(30-25)32(18-28-22)21-7-1-2-8-21/h9-12,17-18,21H,1-8,13-16H2,(H,26,33)(H,27,29,30). The smallest absolute Gasteiger partial charge is 0.251 e. The van der Waals surface area contributed by atoms with E-state index in [1.165, 1.54) is 51.6 Å². The molecule has 0 bridgehead atoms. The van der Waals surface area contributed by atoms with Gasteiger partial charge in [0.2, 0.25) is 5.95 Å². The minimum Gasteiger partial charge on any atom is -0.352 e. The number of benzene rings is 1. The molecule has 1 amide bonds. The van der Waals surface area contributed by atoms with Crippen molar-refractivity contribution in [3.05, 3.63) is 42.4 Å². The van der Waals surface area contributed by atoms with Crippen LogP contribution in [0.25, 0.3) is 11.2 Å². The number of rotatable bonds is 9. The van der Waals surface area contributed by atoms with E-state index in [9.17, 15) is 4.79 Å². The summed E-state index contributed by atoms with van der Waals surface area (Å²) in [5.41, 5.74) is 3.21. The molecule has 0 spiro atoms. The fourth-order valence-corrected chi connectivity index (χ4v) is 4.94. The Labute approximate surface area is 194 Å². The zero-order chi connectivity index (χ0) is 22.5. The summed E-state index contributed by atoms with van der Waals surface area (Å²) >= 11 is 0. The number of nitrogens with zero attached hydrogens (tertiary/aromatic N) is 5. The lowest BCUT2D eigenvalue weighted by Gasteiger charge is -2.14. The Kier molecular flexibility index (Phi) is 6.81. The van der Waals surface area contributed by atoms with Gasteiger partial charge in [-0.2, -0.15) is 4.98 Å². The minimum atomic E-state index is -0.0270. The molecule has 0 radical (unpaired) electrons. The number of carbonyl (C=O) groups is 1. The van der Waals surface area contributed by atoms with Crippen molar-refractivity contribution >= 4 is 28.7 Å². The van der Waals surface area contributed by atoms with Gasteiger partial charge in [-0.05, 0) is 82.4 Å². The lowest BCUT2D eigenvalue weighted by molar-refractivity contribution is 0.0952. The Morgan fingerprint density at radius 1 is 1.00 bits per heavy atom. The zero-order valence-corrected chi connectivity index (χ0v) is 19.2. The van der Waals surface area contributed by atoms with Crippen molar-refractivity contribution in [3.63, 3.8) is 0 Å². The van der Waals surface area contributed by atoms with Gasteiger partial charge in [0.15, 0.2) is 5.65 Å². The van der Waals surface area contributed by atoms with E-state index in [1.54, 1.807) is 6.20 Å². The quantitative estimate of drug-likeness (QED) is 0.476. The average Bonchev–Trinajstić information content (AvgIpc) is 3.61. The van der Waals surface area contributed by atoms with Gasteiger partial charge in [0.25, 0.3) is 5.91 Å². The first-order valence-electron chi connectivity index (χ1n) is 12.3. The number of aromatic nitrogens is 4. The van der Waals surface area contributed by atoms with Crippen LogP contribution in [0.5, 0.6) is 0 Å². The summed E-state index contributed by atoms with van der Waals surface area (Å²) in [6.07, 6.45) is 13.3. The molecule has 8 heteroatoms. The van der Waals surface area contributed by atoms with E-state index in [2.05, 4.69) is 30.1 Å². The third-order valence-electron chi connectivity index (χ3n) is 6.82. The molecule has 33 heavy (non-hydrogen) atoms. The van der Waals surface area contributed by atoms with Gasteiger partial charge in [-0.1, -0.05) is 12.8 Å². The topological polar surface area (TPSA) is 88.0 Å². The molecule has 8 nitrogen and oxygen atoms in total. The van der Waals surface area contributed by atoms with Crippen molar-refractivity contribution < 1.29 is 4.79 Å². The Morgan fingerprint density at radius 2 is 1.79 bits per heavy atom. The molecule has 174 valence electrons. The number of nitrogens with one attached hydrogen (secondary N) is 2. The van der Waals surface area contributed by atoms with Gasteiger partial charge in [-0.25, -0.2) is 9.97 Å². The number of fused-ring (bicyclic) bond motifs is 1. The molecule has 2 aromatic heterocycles. The van der Waals surface area contributed by atoms with Crippen molar-refractivity contribution in [1.82, 2.24) is 29.7 Å². The number of likely N-dealkylation sites (tertiary alicyclic amines) is 1. The fourth-order valence-electron chi connectivity index (χ4n) is 4.94. The minimum absolute atomic E-state index is 0.0270. The third kappa shape index (κ3) is 5.33. The summed E-state index contributed by atoms with van der Waals surface area (Å²) in [6, 6.07) is 7.94. The van der Waals surface area contributed by atoms with Crippen LogP contribution in [0.2, 0.25) is 0 Å². The summed E-state index contributed by atoms with van der Waals surface area (Å²) in [4.78, 5) is 28.5. The molecule has 1 aromatic carbocycles. The van der Waals surface area contributed by atoms with Crippen molar-refractivity contribution in [1.29, 1.82) is 0 Å². The summed E-state index contributed by atoms with van der Waals surface area (Å²) in [5.74, 6) is 0.512. The first kappa shape index (κ1) is 21.8. The lowest BCUT2D eigenvalue weighted by atomic mass is 10.2. The Bertz CT molecular complexity index is 1070. The molecule has 3 heterocycles. The lowest BCUT2D eigenvalue weighted by Crippen LogP contribution is -2.26. The molecule has 2 fully saturated rings. The third-order valence-corrected chi connectivity index (χ3v) is 6.82. The molecule has 0 atom stereocenters. The summed E-state index contributed by atoms with van der Waals surface area (Å²) in [7, 11) is 0. The Hall–Kier alpha value is -3.00. The molecule has 1 aliphatic carbocycles. The maximum absolute atomic E-state index is 12.4. The van der Waals surface area contributed by atoms with Crippen LogP contribution in [0.4, 0.5) is 11.6 Å². The van der Waals surface area contributed by atoms with Crippen LogP contribution in [0.1, 0.15) is 67.8 Å². The normalized spacial score (nSPS) is 17.1. The number of unbranched alkanes of at least 4 members (excludes halogenated alkanes) is 1. The van der Waals surface area contributed by atoms with Crippen molar-refractivity contribution in [2.75, 3.05) is 31.5 Å². The molecular formula is C25H33N7O. The van der Waals surface area contributed by atoms with Crippen LogP contribution in [-0.2, 0) is 0 Å². The van der Waals surface area contributed by atoms with Crippen LogP contribution in [0, 0.1) is 0 Å². The number of amides is 1. The van der Waals surface area contributed by atoms with Gasteiger partial charge in [0, 0.05) is 23.8 Å². The van der Waals surface area contributed by atoms with Crippen LogP contribution in [0.3, 0.4) is 0 Å². The monoisotopic (exact) mass is 447 g/mol. The summed E-state index contributed by atoms with van der Waals surface area (Å²) in [6.45, 7) is 4.33. The van der Waals surface area contributed by atoms with E-state index in [1.807, 2.05) is 30.6 Å². The van der Waals surface area contributed by atoms with Crippen molar-refractivity contribution in [3.8, 4) is 0 Å². The molecule has 2 N–H and O–H groups in total. The van der Waals surface area contributed by atoms with Gasteiger partial charge in [0.1, 0.15) is 5.52 Å². The SMILES string of the molecule is O=C(NCCCCN1CCCC1)c1ccc(Nc2ncc3ncn(C4CCCC4)c3n2)cc1. The molecule has 1 aliphatic heterocycles. The van der Waals surface area contributed by atoms with E-state index < -0.39 is 0 Å². The number of hydrogen-bond acceptors (Lipinski definition) is 6. The molecule has 1 saturated heterocycles. The summed E-state index contributed by atoms with van der Waals surface area (Å²) in [5, 5.41) is 6.29. The maximum atomic E-state index is 12.4. The molecule has 1 saturated carbocycles. The van der Waals surface area contributed by atoms with Gasteiger partial charge in [0.05, 0.1) is 12.5 Å². The van der Waals surface area contributed by atoms with E-state index in [0.29, 0.717) is 17.6 Å². The van der Waals surface area contributed by atoms with Gasteiger partial charge >= 0.3 is 0 Å². The first-order chi connectivity index (χ1) is 16.3.